The molecule has 18 heavy (non-hydrogen) atoms. The van der Waals surface area contributed by atoms with Gasteiger partial charge in [0.15, 0.2) is 11.6 Å². The summed E-state index contributed by atoms with van der Waals surface area (Å²) in [7, 11) is 0. The van der Waals surface area contributed by atoms with Gasteiger partial charge in [0.25, 0.3) is 0 Å². The normalized spacial score (nSPS) is 10.3. The Morgan fingerprint density at radius 1 is 1.17 bits per heavy atom. The first kappa shape index (κ1) is 12.3. The first-order chi connectivity index (χ1) is 8.65. The van der Waals surface area contributed by atoms with E-state index in [1.165, 1.54) is 6.07 Å². The number of carbonyl (C=O) groups excluding carboxylic acids is 1. The zero-order chi connectivity index (χ0) is 13.0. The van der Waals surface area contributed by atoms with Gasteiger partial charge in [0.1, 0.15) is 0 Å². The third-order valence-corrected chi connectivity index (χ3v) is 2.50. The molecular weight excluding hydrogens is 238 g/mol. The van der Waals surface area contributed by atoms with Crippen molar-refractivity contribution in [1.29, 1.82) is 0 Å². The third kappa shape index (κ3) is 3.16. The van der Waals surface area contributed by atoms with Gasteiger partial charge in [-0.3, -0.25) is 4.79 Å². The largest absolute Gasteiger partial charge is 0.367 e. The molecule has 5 heteroatoms. The molecule has 1 aromatic carbocycles. The quantitative estimate of drug-likeness (QED) is 0.858. The highest BCUT2D eigenvalue weighted by Gasteiger charge is 2.07. The van der Waals surface area contributed by atoms with Gasteiger partial charge in [-0.25, -0.2) is 8.78 Å². The smallest absolute Gasteiger partial charge is 0.224 e. The van der Waals surface area contributed by atoms with Crippen LogP contribution in [0.2, 0.25) is 0 Å². The Balaban J connectivity index is 1.88. The van der Waals surface area contributed by atoms with Crippen LogP contribution in [-0.4, -0.2) is 10.9 Å². The lowest BCUT2D eigenvalue weighted by atomic mass is 10.1. The van der Waals surface area contributed by atoms with Gasteiger partial charge in [-0.2, -0.15) is 0 Å². The lowest BCUT2D eigenvalue weighted by Gasteiger charge is -2.04. The minimum Gasteiger partial charge on any atom is -0.367 e. The molecule has 94 valence electrons. The van der Waals surface area contributed by atoms with E-state index >= 15 is 0 Å². The van der Waals surface area contributed by atoms with Crippen LogP contribution in [0.25, 0.3) is 0 Å². The van der Waals surface area contributed by atoms with Crippen LogP contribution in [0.3, 0.4) is 0 Å². The zero-order valence-electron chi connectivity index (χ0n) is 9.54. The molecule has 2 N–H and O–H groups in total. The van der Waals surface area contributed by atoms with Crippen molar-refractivity contribution in [3.05, 3.63) is 59.4 Å². The number of hydrogen-bond acceptors (Lipinski definition) is 1. The Morgan fingerprint density at radius 2 is 2.00 bits per heavy atom. The van der Waals surface area contributed by atoms with Crippen molar-refractivity contribution < 1.29 is 13.6 Å². The number of nitrogens with one attached hydrogen (secondary N) is 2. The Morgan fingerprint density at radius 3 is 2.67 bits per heavy atom. The van der Waals surface area contributed by atoms with Crippen LogP contribution in [0.15, 0.2) is 36.7 Å². The van der Waals surface area contributed by atoms with Gasteiger partial charge < -0.3 is 10.3 Å². The van der Waals surface area contributed by atoms with Gasteiger partial charge in [-0.05, 0) is 29.3 Å². The Hall–Kier alpha value is -2.17. The molecule has 0 radical (unpaired) electrons. The maximum absolute atomic E-state index is 12.9. The van der Waals surface area contributed by atoms with Gasteiger partial charge in [0, 0.05) is 18.9 Å². The van der Waals surface area contributed by atoms with E-state index in [0.29, 0.717) is 12.1 Å². The maximum Gasteiger partial charge on any atom is 0.224 e. The number of carbonyl (C=O) groups is 1. The van der Waals surface area contributed by atoms with Crippen LogP contribution in [0.1, 0.15) is 11.1 Å². The summed E-state index contributed by atoms with van der Waals surface area (Å²) in [5, 5.41) is 2.69. The van der Waals surface area contributed by atoms with Crippen molar-refractivity contribution in [3.8, 4) is 0 Å². The molecule has 0 bridgehead atoms. The second kappa shape index (κ2) is 5.44. The number of H-pyrrole nitrogens is 1. The van der Waals surface area contributed by atoms with Crippen LogP contribution in [-0.2, 0) is 17.8 Å². The molecule has 2 rings (SSSR count). The highest BCUT2D eigenvalue weighted by molar-refractivity contribution is 5.78. The summed E-state index contributed by atoms with van der Waals surface area (Å²) in [5.41, 5.74) is 1.40. The van der Waals surface area contributed by atoms with Gasteiger partial charge in [0.2, 0.25) is 5.91 Å². The fourth-order valence-electron chi connectivity index (χ4n) is 1.57. The monoisotopic (exact) mass is 250 g/mol. The molecule has 0 aliphatic rings. The fraction of sp³-hybridized carbons (Fsp3) is 0.154. The molecule has 0 saturated carbocycles. The highest BCUT2D eigenvalue weighted by atomic mass is 19.2. The molecular formula is C13H12F2N2O. The predicted octanol–water partition coefficient (Wildman–Crippen LogP) is 2.15. The van der Waals surface area contributed by atoms with Crippen LogP contribution < -0.4 is 5.32 Å². The van der Waals surface area contributed by atoms with Gasteiger partial charge in [-0.1, -0.05) is 6.07 Å². The Labute approximate surface area is 103 Å². The van der Waals surface area contributed by atoms with Crippen molar-refractivity contribution in [1.82, 2.24) is 10.3 Å². The first-order valence-electron chi connectivity index (χ1n) is 5.47. The molecule has 0 saturated heterocycles. The number of aromatic amines is 1. The zero-order valence-corrected chi connectivity index (χ0v) is 9.54. The number of amides is 1. The first-order valence-corrected chi connectivity index (χ1v) is 5.47. The number of halogens is 2. The van der Waals surface area contributed by atoms with Crippen molar-refractivity contribution >= 4 is 5.91 Å². The molecule has 0 spiro atoms. The SMILES string of the molecule is O=C(Cc1ccc(F)c(F)c1)NCc1cc[nH]c1. The highest BCUT2D eigenvalue weighted by Crippen LogP contribution is 2.09. The van der Waals surface area contributed by atoms with Crippen molar-refractivity contribution in [2.24, 2.45) is 0 Å². The second-order valence-electron chi connectivity index (χ2n) is 3.92. The van der Waals surface area contributed by atoms with E-state index in [1.54, 1.807) is 12.4 Å². The summed E-state index contributed by atoms with van der Waals surface area (Å²) in [5.74, 6) is -2.08. The van der Waals surface area contributed by atoms with Crippen molar-refractivity contribution in [2.45, 2.75) is 13.0 Å². The fourth-order valence-corrected chi connectivity index (χ4v) is 1.57. The Kier molecular flexibility index (Phi) is 3.72. The molecule has 0 atom stereocenters. The molecule has 0 fully saturated rings. The molecule has 0 unspecified atom stereocenters. The number of aromatic nitrogens is 1. The van der Waals surface area contributed by atoms with Crippen molar-refractivity contribution in [3.63, 3.8) is 0 Å². The standard InChI is InChI=1S/C13H12F2N2O/c14-11-2-1-9(5-12(11)15)6-13(18)17-8-10-3-4-16-7-10/h1-5,7,16H,6,8H2,(H,17,18). The van der Waals surface area contributed by atoms with E-state index in [0.717, 1.165) is 17.7 Å². The van der Waals surface area contributed by atoms with E-state index in [2.05, 4.69) is 10.3 Å². The van der Waals surface area contributed by atoms with Crippen LogP contribution >= 0.6 is 0 Å². The minimum absolute atomic E-state index is 0.0294. The topological polar surface area (TPSA) is 44.9 Å². The van der Waals surface area contributed by atoms with Gasteiger partial charge in [0.05, 0.1) is 6.42 Å². The average Bonchev–Trinajstić information content (AvgIpc) is 2.84. The third-order valence-electron chi connectivity index (χ3n) is 2.50. The maximum atomic E-state index is 12.9. The average molecular weight is 250 g/mol. The van der Waals surface area contributed by atoms with E-state index < -0.39 is 11.6 Å². The molecule has 1 aromatic heterocycles. The van der Waals surface area contributed by atoms with E-state index in [1.807, 2.05) is 6.07 Å². The second-order valence-corrected chi connectivity index (χ2v) is 3.92. The number of rotatable bonds is 4. The summed E-state index contributed by atoms with van der Waals surface area (Å²) in [6, 6.07) is 5.29. The summed E-state index contributed by atoms with van der Waals surface area (Å²) in [6.45, 7) is 0.409. The van der Waals surface area contributed by atoms with E-state index in [9.17, 15) is 13.6 Å². The summed E-state index contributed by atoms with van der Waals surface area (Å²) in [4.78, 5) is 14.4. The Bertz CT molecular complexity index is 538. The number of hydrogen-bond donors (Lipinski definition) is 2. The molecule has 0 aliphatic heterocycles. The van der Waals surface area contributed by atoms with Crippen molar-refractivity contribution in [2.75, 3.05) is 0 Å². The van der Waals surface area contributed by atoms with E-state index in [4.69, 9.17) is 0 Å². The van der Waals surface area contributed by atoms with Gasteiger partial charge in [-0.15, -0.1) is 0 Å². The van der Waals surface area contributed by atoms with Crippen LogP contribution in [0.4, 0.5) is 8.78 Å². The van der Waals surface area contributed by atoms with Gasteiger partial charge >= 0.3 is 0 Å². The van der Waals surface area contributed by atoms with Crippen LogP contribution in [0, 0.1) is 11.6 Å². The van der Waals surface area contributed by atoms with Crippen LogP contribution in [0.5, 0.6) is 0 Å². The lowest BCUT2D eigenvalue weighted by Crippen LogP contribution is -2.24. The van der Waals surface area contributed by atoms with E-state index in [-0.39, 0.29) is 12.3 Å². The molecule has 0 aliphatic carbocycles. The number of benzene rings is 1. The predicted molar refractivity (Wildman–Crippen MR) is 62.7 cm³/mol. The lowest BCUT2D eigenvalue weighted by molar-refractivity contribution is -0.120. The summed E-state index contributed by atoms with van der Waals surface area (Å²) in [6.07, 6.45) is 3.57. The molecule has 3 nitrogen and oxygen atoms in total. The summed E-state index contributed by atoms with van der Waals surface area (Å²) >= 11 is 0. The minimum atomic E-state index is -0.939. The summed E-state index contributed by atoms with van der Waals surface area (Å²) < 4.78 is 25.6. The molecule has 2 aromatic rings. The molecule has 1 amide bonds. The molecule has 1 heterocycles.